The Balaban J connectivity index is 2.66. The van der Waals surface area contributed by atoms with Gasteiger partial charge in [0, 0.05) is 24.5 Å². The van der Waals surface area contributed by atoms with Gasteiger partial charge < -0.3 is 16.2 Å². The number of anilines is 2. The van der Waals surface area contributed by atoms with Crippen LogP contribution >= 0.6 is 0 Å². The van der Waals surface area contributed by atoms with Gasteiger partial charge in [-0.3, -0.25) is 0 Å². The summed E-state index contributed by atoms with van der Waals surface area (Å²) in [5.74, 6) is 0. The van der Waals surface area contributed by atoms with Crippen LogP contribution in [0.4, 0.5) is 11.4 Å². The molecule has 1 aromatic carbocycles. The van der Waals surface area contributed by atoms with Crippen LogP contribution in [0.15, 0.2) is 18.2 Å². The van der Waals surface area contributed by atoms with Crippen LogP contribution in [0, 0.1) is 11.3 Å². The van der Waals surface area contributed by atoms with Crippen LogP contribution in [0.25, 0.3) is 0 Å². The number of hydrogen-bond donors (Lipinski definition) is 3. The second-order valence-corrected chi connectivity index (χ2v) is 2.92. The van der Waals surface area contributed by atoms with Gasteiger partial charge in [0.05, 0.1) is 5.56 Å². The van der Waals surface area contributed by atoms with Crippen LogP contribution in [0.1, 0.15) is 12.0 Å². The Kier molecular flexibility index (Phi) is 3.77. The zero-order chi connectivity index (χ0) is 10.4. The molecule has 0 radical (unpaired) electrons. The first kappa shape index (κ1) is 10.4. The fourth-order valence-electron chi connectivity index (χ4n) is 1.07. The fourth-order valence-corrected chi connectivity index (χ4v) is 1.07. The van der Waals surface area contributed by atoms with Crippen molar-refractivity contribution in [3.05, 3.63) is 23.8 Å². The molecule has 4 N–H and O–H groups in total. The molecule has 0 saturated heterocycles. The lowest BCUT2D eigenvalue weighted by Gasteiger charge is -2.06. The number of benzene rings is 1. The highest BCUT2D eigenvalue weighted by Crippen LogP contribution is 2.16. The number of nitriles is 1. The molecule has 4 heteroatoms. The summed E-state index contributed by atoms with van der Waals surface area (Å²) < 4.78 is 0. The number of nitrogens with zero attached hydrogens (tertiary/aromatic N) is 1. The standard InChI is InChI=1S/C10H13N3O/c11-7-8-6-9(2-3-10(8)12)13-4-1-5-14/h2-3,6,13-14H,1,4-5,12H2. The molecule has 0 atom stereocenters. The van der Waals surface area contributed by atoms with Crippen LogP contribution < -0.4 is 11.1 Å². The van der Waals surface area contributed by atoms with Crippen molar-refractivity contribution in [1.29, 1.82) is 5.26 Å². The predicted molar refractivity (Wildman–Crippen MR) is 55.8 cm³/mol. The van der Waals surface area contributed by atoms with Gasteiger partial charge in [-0.25, -0.2) is 0 Å². The van der Waals surface area contributed by atoms with E-state index in [2.05, 4.69) is 5.32 Å². The minimum atomic E-state index is 0.160. The zero-order valence-corrected chi connectivity index (χ0v) is 7.83. The van der Waals surface area contributed by atoms with Crippen molar-refractivity contribution in [3.63, 3.8) is 0 Å². The summed E-state index contributed by atoms with van der Waals surface area (Å²) in [7, 11) is 0. The van der Waals surface area contributed by atoms with Gasteiger partial charge in [0.2, 0.25) is 0 Å². The Morgan fingerprint density at radius 1 is 1.50 bits per heavy atom. The second kappa shape index (κ2) is 5.10. The summed E-state index contributed by atoms with van der Waals surface area (Å²) in [5.41, 5.74) is 7.37. The van der Waals surface area contributed by atoms with E-state index >= 15 is 0 Å². The van der Waals surface area contributed by atoms with Gasteiger partial charge in [0.1, 0.15) is 6.07 Å². The third-order valence-electron chi connectivity index (χ3n) is 1.84. The highest BCUT2D eigenvalue weighted by Gasteiger charge is 1.98. The van der Waals surface area contributed by atoms with Gasteiger partial charge >= 0.3 is 0 Å². The summed E-state index contributed by atoms with van der Waals surface area (Å²) in [6, 6.07) is 7.22. The third-order valence-corrected chi connectivity index (χ3v) is 1.84. The SMILES string of the molecule is N#Cc1cc(NCCCO)ccc1N. The topological polar surface area (TPSA) is 82.1 Å². The number of rotatable bonds is 4. The van der Waals surface area contributed by atoms with Crippen molar-refractivity contribution in [2.24, 2.45) is 0 Å². The summed E-state index contributed by atoms with van der Waals surface area (Å²) in [4.78, 5) is 0. The normalized spacial score (nSPS) is 9.43. The van der Waals surface area contributed by atoms with Crippen molar-refractivity contribution in [2.45, 2.75) is 6.42 Å². The lowest BCUT2D eigenvalue weighted by atomic mass is 10.2. The summed E-state index contributed by atoms with van der Waals surface area (Å²) in [6.45, 7) is 0.846. The van der Waals surface area contributed by atoms with Crippen molar-refractivity contribution in [1.82, 2.24) is 0 Å². The van der Waals surface area contributed by atoms with Crippen LogP contribution in [0.5, 0.6) is 0 Å². The monoisotopic (exact) mass is 191 g/mol. The Morgan fingerprint density at radius 2 is 2.29 bits per heavy atom. The molecule has 0 fully saturated rings. The quantitative estimate of drug-likeness (QED) is 0.488. The van der Waals surface area contributed by atoms with Crippen LogP contribution in [0.2, 0.25) is 0 Å². The molecule has 74 valence electrons. The smallest absolute Gasteiger partial charge is 0.101 e. The van der Waals surface area contributed by atoms with Gasteiger partial charge in [-0.1, -0.05) is 0 Å². The highest BCUT2D eigenvalue weighted by molar-refractivity contribution is 5.61. The number of aliphatic hydroxyl groups excluding tert-OH is 1. The highest BCUT2D eigenvalue weighted by atomic mass is 16.3. The van der Waals surface area contributed by atoms with Crippen molar-refractivity contribution < 1.29 is 5.11 Å². The molecule has 0 bridgehead atoms. The Labute approximate surface area is 83.0 Å². The average molecular weight is 191 g/mol. The van der Waals surface area contributed by atoms with Crippen LogP contribution in [-0.4, -0.2) is 18.3 Å². The number of aliphatic hydroxyl groups is 1. The van der Waals surface area contributed by atoms with Gasteiger partial charge in [-0.15, -0.1) is 0 Å². The van der Waals surface area contributed by atoms with Crippen LogP contribution in [-0.2, 0) is 0 Å². The minimum absolute atomic E-state index is 0.160. The molecular formula is C10H13N3O. The lowest BCUT2D eigenvalue weighted by Crippen LogP contribution is -2.04. The first-order valence-electron chi connectivity index (χ1n) is 4.42. The number of nitrogen functional groups attached to an aromatic ring is 1. The van der Waals surface area contributed by atoms with E-state index in [0.717, 1.165) is 5.69 Å². The van der Waals surface area contributed by atoms with Gasteiger partial charge in [0.25, 0.3) is 0 Å². The molecule has 0 spiro atoms. The maximum absolute atomic E-state index is 8.72. The number of hydrogen-bond acceptors (Lipinski definition) is 4. The summed E-state index contributed by atoms with van der Waals surface area (Å²) >= 11 is 0. The Bertz CT molecular complexity index is 344. The van der Waals surface area contributed by atoms with E-state index in [1.165, 1.54) is 0 Å². The number of nitrogens with two attached hydrogens (primary N) is 1. The van der Waals surface area contributed by atoms with Crippen LogP contribution in [0.3, 0.4) is 0 Å². The molecule has 0 unspecified atom stereocenters. The maximum Gasteiger partial charge on any atom is 0.101 e. The minimum Gasteiger partial charge on any atom is -0.398 e. The van der Waals surface area contributed by atoms with Gasteiger partial charge in [-0.2, -0.15) is 5.26 Å². The molecule has 4 nitrogen and oxygen atoms in total. The van der Waals surface area contributed by atoms with E-state index in [9.17, 15) is 0 Å². The molecule has 0 aromatic heterocycles. The molecule has 0 aliphatic carbocycles. The maximum atomic E-state index is 8.72. The summed E-state index contributed by atoms with van der Waals surface area (Å²) in [5, 5.41) is 20.4. The van der Waals surface area contributed by atoms with Gasteiger partial charge in [0.15, 0.2) is 0 Å². The molecule has 0 saturated carbocycles. The second-order valence-electron chi connectivity index (χ2n) is 2.92. The van der Waals surface area contributed by atoms with Crippen molar-refractivity contribution >= 4 is 11.4 Å². The molecule has 0 aliphatic rings. The molecule has 0 aliphatic heterocycles. The molecule has 0 amide bonds. The van der Waals surface area contributed by atoms with E-state index in [0.29, 0.717) is 24.2 Å². The van der Waals surface area contributed by atoms with E-state index in [-0.39, 0.29) is 6.61 Å². The van der Waals surface area contributed by atoms with Crippen molar-refractivity contribution in [3.8, 4) is 6.07 Å². The average Bonchev–Trinajstić information content (AvgIpc) is 2.21. The third kappa shape index (κ3) is 2.64. The zero-order valence-electron chi connectivity index (χ0n) is 7.83. The molecule has 1 rings (SSSR count). The first-order chi connectivity index (χ1) is 6.77. The van der Waals surface area contributed by atoms with E-state index in [1.807, 2.05) is 12.1 Å². The van der Waals surface area contributed by atoms with E-state index in [1.54, 1.807) is 12.1 Å². The van der Waals surface area contributed by atoms with E-state index in [4.69, 9.17) is 16.1 Å². The van der Waals surface area contributed by atoms with E-state index < -0.39 is 0 Å². The summed E-state index contributed by atoms with van der Waals surface area (Å²) in [6.07, 6.45) is 0.687. The number of nitrogens with one attached hydrogen (secondary N) is 1. The molecule has 1 aromatic rings. The predicted octanol–water partition coefficient (Wildman–Crippen LogP) is 0.935. The Morgan fingerprint density at radius 3 is 2.93 bits per heavy atom. The van der Waals surface area contributed by atoms with Gasteiger partial charge in [-0.05, 0) is 24.6 Å². The largest absolute Gasteiger partial charge is 0.398 e. The molecule has 0 heterocycles. The molecule has 14 heavy (non-hydrogen) atoms. The molecular weight excluding hydrogens is 178 g/mol. The first-order valence-corrected chi connectivity index (χ1v) is 4.42. The van der Waals surface area contributed by atoms with Crippen molar-refractivity contribution in [2.75, 3.05) is 24.2 Å². The lowest BCUT2D eigenvalue weighted by molar-refractivity contribution is 0.292. The fraction of sp³-hybridized carbons (Fsp3) is 0.300. The Hall–Kier alpha value is -1.73.